The summed E-state index contributed by atoms with van der Waals surface area (Å²) in [5, 5.41) is 2.15. The van der Waals surface area contributed by atoms with Crippen LogP contribution >= 0.6 is 23.1 Å². The fraction of sp³-hybridized carbons (Fsp3) is 0.647. The van der Waals surface area contributed by atoms with Gasteiger partial charge in [0.05, 0.1) is 5.25 Å². The van der Waals surface area contributed by atoms with Crippen LogP contribution in [0.5, 0.6) is 0 Å². The molecule has 1 saturated heterocycles. The predicted octanol–water partition coefficient (Wildman–Crippen LogP) is 3.36. The number of amides is 2. The molecule has 126 valence electrons. The van der Waals surface area contributed by atoms with E-state index in [0.29, 0.717) is 13.1 Å². The van der Waals surface area contributed by atoms with Crippen LogP contribution in [0.25, 0.3) is 0 Å². The van der Waals surface area contributed by atoms with Crippen molar-refractivity contribution in [2.24, 2.45) is 5.92 Å². The monoisotopic (exact) mass is 352 g/mol. The van der Waals surface area contributed by atoms with E-state index >= 15 is 0 Å². The number of rotatable bonds is 6. The number of thioether (sulfide) groups is 1. The number of carbonyl (C=O) groups excluding carboxylic acids is 2. The molecular weight excluding hydrogens is 328 g/mol. The van der Waals surface area contributed by atoms with Crippen LogP contribution in [0.3, 0.4) is 0 Å². The second-order valence-corrected chi connectivity index (χ2v) is 8.98. The predicted molar refractivity (Wildman–Crippen MR) is 95.4 cm³/mol. The molecule has 3 rings (SSSR count). The van der Waals surface area contributed by atoms with E-state index in [4.69, 9.17) is 0 Å². The van der Waals surface area contributed by atoms with Gasteiger partial charge in [-0.05, 0) is 45.1 Å². The first kappa shape index (κ1) is 16.8. The van der Waals surface area contributed by atoms with Crippen LogP contribution in [-0.4, -0.2) is 46.0 Å². The van der Waals surface area contributed by atoms with Crippen molar-refractivity contribution in [3.05, 3.63) is 22.4 Å². The van der Waals surface area contributed by atoms with E-state index in [-0.39, 0.29) is 34.4 Å². The van der Waals surface area contributed by atoms with Gasteiger partial charge < -0.3 is 9.80 Å². The van der Waals surface area contributed by atoms with Crippen molar-refractivity contribution in [2.45, 2.75) is 50.3 Å². The van der Waals surface area contributed by atoms with Crippen molar-refractivity contribution in [1.82, 2.24) is 9.80 Å². The van der Waals surface area contributed by atoms with Gasteiger partial charge in [0.15, 0.2) is 0 Å². The molecule has 0 aromatic carbocycles. The standard InChI is InChI=1S/C17H24N2O2S2/c1-11(2)18(16(21)13-6-7-13)8-9-19-15(20)12(3)23-17(19)14-5-4-10-22-14/h4-5,10-13,17H,6-9H2,1-3H3/t12-,17-/m1/s1. The van der Waals surface area contributed by atoms with Crippen molar-refractivity contribution in [3.63, 3.8) is 0 Å². The third kappa shape index (κ3) is 3.58. The van der Waals surface area contributed by atoms with Gasteiger partial charge in [0, 0.05) is 29.9 Å². The smallest absolute Gasteiger partial charge is 0.236 e. The number of thiophene rings is 1. The van der Waals surface area contributed by atoms with E-state index in [9.17, 15) is 9.59 Å². The Morgan fingerprint density at radius 2 is 2.17 bits per heavy atom. The summed E-state index contributed by atoms with van der Waals surface area (Å²) in [5.74, 6) is 0.684. The summed E-state index contributed by atoms with van der Waals surface area (Å²) in [7, 11) is 0. The van der Waals surface area contributed by atoms with Crippen LogP contribution in [0, 0.1) is 5.92 Å². The van der Waals surface area contributed by atoms with Crippen molar-refractivity contribution in [3.8, 4) is 0 Å². The Morgan fingerprint density at radius 3 is 2.74 bits per heavy atom. The van der Waals surface area contributed by atoms with Crippen LogP contribution in [0.15, 0.2) is 17.5 Å². The summed E-state index contributed by atoms with van der Waals surface area (Å²) in [6.45, 7) is 7.34. The van der Waals surface area contributed by atoms with E-state index in [1.807, 2.05) is 22.8 Å². The number of nitrogens with zero attached hydrogens (tertiary/aromatic N) is 2. The van der Waals surface area contributed by atoms with Crippen LogP contribution in [0.1, 0.15) is 43.9 Å². The number of carbonyl (C=O) groups is 2. The van der Waals surface area contributed by atoms with E-state index < -0.39 is 0 Å². The van der Waals surface area contributed by atoms with Crippen LogP contribution < -0.4 is 0 Å². The van der Waals surface area contributed by atoms with Crippen molar-refractivity contribution in [1.29, 1.82) is 0 Å². The molecule has 0 bridgehead atoms. The molecule has 4 nitrogen and oxygen atoms in total. The zero-order chi connectivity index (χ0) is 16.6. The quantitative estimate of drug-likeness (QED) is 0.788. The molecule has 1 saturated carbocycles. The molecule has 1 aromatic rings. The first-order chi connectivity index (χ1) is 11.0. The molecule has 0 radical (unpaired) electrons. The van der Waals surface area contributed by atoms with Gasteiger partial charge in [-0.15, -0.1) is 23.1 Å². The zero-order valence-electron chi connectivity index (χ0n) is 13.9. The van der Waals surface area contributed by atoms with Gasteiger partial charge in [-0.1, -0.05) is 6.07 Å². The molecule has 1 aliphatic carbocycles. The van der Waals surface area contributed by atoms with Crippen LogP contribution in [-0.2, 0) is 9.59 Å². The topological polar surface area (TPSA) is 40.6 Å². The second kappa shape index (κ2) is 6.85. The summed E-state index contributed by atoms with van der Waals surface area (Å²) in [6, 6.07) is 4.31. The third-order valence-corrected chi connectivity index (χ3v) is 6.90. The molecule has 0 N–H and O–H groups in total. The summed E-state index contributed by atoms with van der Waals surface area (Å²) < 4.78 is 0. The lowest BCUT2D eigenvalue weighted by Crippen LogP contribution is -2.44. The Bertz CT molecular complexity index is 569. The fourth-order valence-electron chi connectivity index (χ4n) is 2.96. The lowest BCUT2D eigenvalue weighted by atomic mass is 10.2. The first-order valence-electron chi connectivity index (χ1n) is 8.29. The Hall–Kier alpha value is -1.01. The molecule has 2 fully saturated rings. The minimum atomic E-state index is -0.00580. The normalized spacial score (nSPS) is 24.5. The maximum absolute atomic E-state index is 12.5. The van der Waals surface area contributed by atoms with E-state index in [1.165, 1.54) is 4.88 Å². The second-order valence-electron chi connectivity index (χ2n) is 6.58. The highest BCUT2D eigenvalue weighted by atomic mass is 32.2. The van der Waals surface area contributed by atoms with E-state index in [0.717, 1.165) is 12.8 Å². The Balaban J connectivity index is 1.68. The first-order valence-corrected chi connectivity index (χ1v) is 10.1. The largest absolute Gasteiger partial charge is 0.338 e. The Kier molecular flexibility index (Phi) is 5.01. The average molecular weight is 353 g/mol. The van der Waals surface area contributed by atoms with Crippen molar-refractivity contribution in [2.75, 3.05) is 13.1 Å². The minimum absolute atomic E-state index is 0.00580. The molecule has 2 amide bonds. The van der Waals surface area contributed by atoms with Crippen LogP contribution in [0.2, 0.25) is 0 Å². The van der Waals surface area contributed by atoms with Gasteiger partial charge in [-0.2, -0.15) is 0 Å². The van der Waals surface area contributed by atoms with Crippen molar-refractivity contribution >= 4 is 34.9 Å². The van der Waals surface area contributed by atoms with E-state index in [1.54, 1.807) is 23.1 Å². The molecule has 1 aromatic heterocycles. The SMILES string of the molecule is CC(C)N(CCN1C(=O)[C@@H](C)S[C@@H]1c1cccs1)C(=O)C1CC1. The van der Waals surface area contributed by atoms with Gasteiger partial charge in [-0.25, -0.2) is 0 Å². The molecule has 23 heavy (non-hydrogen) atoms. The molecule has 0 spiro atoms. The lowest BCUT2D eigenvalue weighted by Gasteiger charge is -2.31. The van der Waals surface area contributed by atoms with Gasteiger partial charge in [0.25, 0.3) is 0 Å². The summed E-state index contributed by atoms with van der Waals surface area (Å²) in [5.41, 5.74) is 0. The van der Waals surface area contributed by atoms with Crippen LogP contribution in [0.4, 0.5) is 0 Å². The highest BCUT2D eigenvalue weighted by molar-refractivity contribution is 8.01. The maximum Gasteiger partial charge on any atom is 0.236 e. The average Bonchev–Trinajstić information content (AvgIpc) is 3.15. The molecule has 0 unspecified atom stereocenters. The highest BCUT2D eigenvalue weighted by Crippen LogP contribution is 2.44. The summed E-state index contributed by atoms with van der Waals surface area (Å²) in [6.07, 6.45) is 2.05. The Labute approximate surface area is 146 Å². The van der Waals surface area contributed by atoms with E-state index in [2.05, 4.69) is 25.3 Å². The molecular formula is C17H24N2O2S2. The van der Waals surface area contributed by atoms with Gasteiger partial charge in [-0.3, -0.25) is 9.59 Å². The molecule has 6 heteroatoms. The molecule has 2 heterocycles. The summed E-state index contributed by atoms with van der Waals surface area (Å²) >= 11 is 3.40. The maximum atomic E-state index is 12.5. The third-order valence-electron chi connectivity index (χ3n) is 4.45. The lowest BCUT2D eigenvalue weighted by molar-refractivity contribution is -0.136. The summed E-state index contributed by atoms with van der Waals surface area (Å²) in [4.78, 5) is 30.1. The highest BCUT2D eigenvalue weighted by Gasteiger charge is 2.40. The minimum Gasteiger partial charge on any atom is -0.338 e. The molecule has 1 aliphatic heterocycles. The van der Waals surface area contributed by atoms with Gasteiger partial charge in [0.2, 0.25) is 11.8 Å². The van der Waals surface area contributed by atoms with Gasteiger partial charge in [0.1, 0.15) is 5.37 Å². The molecule has 2 atom stereocenters. The number of hydrogen-bond donors (Lipinski definition) is 0. The Morgan fingerprint density at radius 1 is 1.43 bits per heavy atom. The molecule has 2 aliphatic rings. The number of hydrogen-bond acceptors (Lipinski definition) is 4. The van der Waals surface area contributed by atoms with Gasteiger partial charge >= 0.3 is 0 Å². The van der Waals surface area contributed by atoms with Crippen molar-refractivity contribution < 1.29 is 9.59 Å². The zero-order valence-corrected chi connectivity index (χ0v) is 15.5. The fourth-order valence-corrected chi connectivity index (χ4v) is 5.21.